The second-order valence-electron chi connectivity index (χ2n) is 5.47. The number of rotatable bonds is 4. The lowest BCUT2D eigenvalue weighted by Crippen LogP contribution is -2.44. The molecule has 0 unspecified atom stereocenters. The van der Waals surface area contributed by atoms with Crippen LogP contribution in [0.15, 0.2) is 6.20 Å². The van der Waals surface area contributed by atoms with Crippen LogP contribution in [0.3, 0.4) is 0 Å². The molecule has 1 heterocycles. The van der Waals surface area contributed by atoms with Crippen LogP contribution in [0, 0.1) is 12.8 Å². The van der Waals surface area contributed by atoms with Crippen molar-refractivity contribution in [1.29, 1.82) is 0 Å². The maximum atomic E-state index is 12.1. The van der Waals surface area contributed by atoms with Crippen molar-refractivity contribution in [2.24, 2.45) is 5.92 Å². The number of aromatic nitrogens is 1. The van der Waals surface area contributed by atoms with Gasteiger partial charge >= 0.3 is 6.03 Å². The molecule has 0 aliphatic heterocycles. The fourth-order valence-electron chi connectivity index (χ4n) is 2.66. The maximum Gasteiger partial charge on any atom is 0.317 e. The van der Waals surface area contributed by atoms with Gasteiger partial charge in [-0.1, -0.05) is 0 Å². The number of hydrogen-bond donors (Lipinski definition) is 2. The molecule has 1 aromatic heterocycles. The Hall–Kier alpha value is -1.14. The fraction of sp³-hybridized carbons (Fsp3) is 0.714. The van der Waals surface area contributed by atoms with Crippen molar-refractivity contribution >= 4 is 17.4 Å². The predicted octanol–water partition coefficient (Wildman–Crippen LogP) is 2.14. The van der Waals surface area contributed by atoms with E-state index in [0.717, 1.165) is 35.6 Å². The third-order valence-electron chi connectivity index (χ3n) is 4.03. The Labute approximate surface area is 124 Å². The van der Waals surface area contributed by atoms with E-state index in [-0.39, 0.29) is 12.6 Å². The number of aliphatic hydroxyl groups excluding tert-OH is 1. The van der Waals surface area contributed by atoms with Gasteiger partial charge in [-0.25, -0.2) is 9.78 Å². The highest BCUT2D eigenvalue weighted by molar-refractivity contribution is 7.11. The molecule has 1 aliphatic rings. The number of nitrogens with zero attached hydrogens (tertiary/aromatic N) is 2. The molecule has 2 amide bonds. The zero-order valence-electron chi connectivity index (χ0n) is 12.1. The smallest absolute Gasteiger partial charge is 0.317 e. The highest BCUT2D eigenvalue weighted by atomic mass is 32.1. The zero-order chi connectivity index (χ0) is 14.5. The summed E-state index contributed by atoms with van der Waals surface area (Å²) in [7, 11) is 1.86. The lowest BCUT2D eigenvalue weighted by molar-refractivity contribution is 0.134. The zero-order valence-corrected chi connectivity index (χ0v) is 12.9. The third-order valence-corrected chi connectivity index (χ3v) is 4.94. The number of nitrogens with one attached hydrogen (secondary N) is 1. The van der Waals surface area contributed by atoms with Gasteiger partial charge in [0, 0.05) is 30.8 Å². The lowest BCUT2D eigenvalue weighted by Gasteiger charge is -2.34. The van der Waals surface area contributed by atoms with E-state index >= 15 is 0 Å². The molecule has 0 radical (unpaired) electrons. The molecule has 1 aliphatic carbocycles. The van der Waals surface area contributed by atoms with E-state index < -0.39 is 0 Å². The van der Waals surface area contributed by atoms with Crippen molar-refractivity contribution in [3.63, 3.8) is 0 Å². The van der Waals surface area contributed by atoms with Crippen LogP contribution in [0.2, 0.25) is 0 Å². The van der Waals surface area contributed by atoms with Gasteiger partial charge in [0.1, 0.15) is 0 Å². The van der Waals surface area contributed by atoms with Gasteiger partial charge in [0.15, 0.2) is 0 Å². The number of hydrogen-bond acceptors (Lipinski definition) is 4. The Kier molecular flexibility index (Phi) is 5.37. The first-order valence-corrected chi connectivity index (χ1v) is 7.94. The van der Waals surface area contributed by atoms with Gasteiger partial charge in [-0.05, 0) is 38.5 Å². The highest BCUT2D eigenvalue weighted by Gasteiger charge is 2.26. The van der Waals surface area contributed by atoms with Gasteiger partial charge < -0.3 is 15.3 Å². The quantitative estimate of drug-likeness (QED) is 0.895. The highest BCUT2D eigenvalue weighted by Crippen LogP contribution is 2.26. The summed E-state index contributed by atoms with van der Waals surface area (Å²) in [6, 6.07) is 0.268. The van der Waals surface area contributed by atoms with Crippen LogP contribution in [0.1, 0.15) is 35.6 Å². The first-order chi connectivity index (χ1) is 9.60. The minimum absolute atomic E-state index is 0.0245. The van der Waals surface area contributed by atoms with Gasteiger partial charge in [-0.3, -0.25) is 0 Å². The van der Waals surface area contributed by atoms with E-state index in [4.69, 9.17) is 5.11 Å². The van der Waals surface area contributed by atoms with Crippen LogP contribution in [0.5, 0.6) is 0 Å². The van der Waals surface area contributed by atoms with Gasteiger partial charge in [-0.2, -0.15) is 0 Å². The molecular weight excluding hydrogens is 274 g/mol. The SMILES string of the molecule is Cc1ncc(CNC(=O)N(C)C2CCC(CO)CC2)s1. The van der Waals surface area contributed by atoms with Crippen LogP contribution in [-0.2, 0) is 6.54 Å². The fourth-order valence-corrected chi connectivity index (χ4v) is 3.39. The summed E-state index contributed by atoms with van der Waals surface area (Å²) in [5, 5.41) is 13.1. The molecule has 1 aromatic rings. The standard InChI is InChI=1S/C14H23N3O2S/c1-10-15-7-13(20-10)8-16-14(19)17(2)12-5-3-11(9-18)4-6-12/h7,11-12,18H,3-6,8-9H2,1-2H3,(H,16,19). The molecule has 1 saturated carbocycles. The average Bonchev–Trinajstić information content (AvgIpc) is 2.89. The molecule has 5 nitrogen and oxygen atoms in total. The average molecular weight is 297 g/mol. The van der Waals surface area contributed by atoms with Crippen LogP contribution in [0.4, 0.5) is 4.79 Å². The Morgan fingerprint density at radius 1 is 1.50 bits per heavy atom. The second kappa shape index (κ2) is 7.04. The van der Waals surface area contributed by atoms with Crippen molar-refractivity contribution in [1.82, 2.24) is 15.2 Å². The maximum absolute atomic E-state index is 12.1. The number of urea groups is 1. The number of aryl methyl sites for hydroxylation is 1. The first kappa shape index (κ1) is 15.3. The van der Waals surface area contributed by atoms with E-state index in [0.29, 0.717) is 18.5 Å². The number of carbonyl (C=O) groups is 1. The molecule has 2 N–H and O–H groups in total. The molecule has 20 heavy (non-hydrogen) atoms. The van der Waals surface area contributed by atoms with E-state index in [1.165, 1.54) is 0 Å². The Balaban J connectivity index is 1.77. The van der Waals surface area contributed by atoms with Crippen LogP contribution in [0.25, 0.3) is 0 Å². The lowest BCUT2D eigenvalue weighted by atomic mass is 9.86. The van der Waals surface area contributed by atoms with Crippen LogP contribution in [-0.4, -0.2) is 40.7 Å². The van der Waals surface area contributed by atoms with Crippen molar-refractivity contribution in [3.05, 3.63) is 16.1 Å². The summed E-state index contributed by atoms with van der Waals surface area (Å²) in [6.45, 7) is 2.77. The summed E-state index contributed by atoms with van der Waals surface area (Å²) < 4.78 is 0. The summed E-state index contributed by atoms with van der Waals surface area (Å²) in [6.07, 6.45) is 5.79. The predicted molar refractivity (Wildman–Crippen MR) is 79.7 cm³/mol. The van der Waals surface area contributed by atoms with E-state index in [2.05, 4.69) is 10.3 Å². The molecular formula is C14H23N3O2S. The summed E-state index contributed by atoms with van der Waals surface area (Å²) in [5.41, 5.74) is 0. The Morgan fingerprint density at radius 3 is 2.75 bits per heavy atom. The molecule has 0 saturated heterocycles. The third kappa shape index (κ3) is 3.93. The molecule has 0 spiro atoms. The number of thiazole rings is 1. The molecule has 0 atom stereocenters. The molecule has 0 aromatic carbocycles. The van der Waals surface area contributed by atoms with Crippen molar-refractivity contribution in [3.8, 4) is 0 Å². The van der Waals surface area contributed by atoms with Crippen LogP contribution < -0.4 is 5.32 Å². The number of aliphatic hydroxyl groups is 1. The second-order valence-corrected chi connectivity index (χ2v) is 6.79. The van der Waals surface area contributed by atoms with Crippen LogP contribution >= 0.6 is 11.3 Å². The van der Waals surface area contributed by atoms with E-state index in [1.807, 2.05) is 25.1 Å². The minimum Gasteiger partial charge on any atom is -0.396 e. The molecule has 2 rings (SSSR count). The monoisotopic (exact) mass is 297 g/mol. The first-order valence-electron chi connectivity index (χ1n) is 7.13. The molecule has 6 heteroatoms. The normalized spacial score (nSPS) is 22.6. The van der Waals surface area contributed by atoms with Crippen molar-refractivity contribution < 1.29 is 9.90 Å². The minimum atomic E-state index is -0.0245. The van der Waals surface area contributed by atoms with Crippen molar-refractivity contribution in [2.75, 3.05) is 13.7 Å². The molecule has 112 valence electrons. The summed E-state index contributed by atoms with van der Waals surface area (Å²) in [4.78, 5) is 19.2. The number of amides is 2. The topological polar surface area (TPSA) is 65.5 Å². The molecule has 1 fully saturated rings. The van der Waals surface area contributed by atoms with Gasteiger partial charge in [0.05, 0.1) is 11.6 Å². The van der Waals surface area contributed by atoms with Gasteiger partial charge in [0.2, 0.25) is 0 Å². The van der Waals surface area contributed by atoms with E-state index in [9.17, 15) is 4.79 Å². The Morgan fingerprint density at radius 2 is 2.20 bits per heavy atom. The Bertz CT molecular complexity index is 441. The number of carbonyl (C=O) groups excluding carboxylic acids is 1. The van der Waals surface area contributed by atoms with Crippen molar-refractivity contribution in [2.45, 2.75) is 45.2 Å². The summed E-state index contributed by atoms with van der Waals surface area (Å²) in [5.74, 6) is 0.419. The summed E-state index contributed by atoms with van der Waals surface area (Å²) >= 11 is 1.61. The van der Waals surface area contributed by atoms with Gasteiger partial charge in [-0.15, -0.1) is 11.3 Å². The molecule has 0 bridgehead atoms. The van der Waals surface area contributed by atoms with E-state index in [1.54, 1.807) is 11.3 Å². The van der Waals surface area contributed by atoms with Gasteiger partial charge in [0.25, 0.3) is 0 Å². The largest absolute Gasteiger partial charge is 0.396 e.